The maximum Gasteiger partial charge on any atom is 0.238 e. The predicted molar refractivity (Wildman–Crippen MR) is 110 cm³/mol. The Labute approximate surface area is 168 Å². The maximum absolute atomic E-state index is 13.9. The SMILES string of the molecule is CSc1ccc(NC(=O)CN2CCN(Cc3c(F)cccc3Cl)CC2)cc1. The van der Waals surface area contributed by atoms with Crippen molar-refractivity contribution in [1.29, 1.82) is 0 Å². The molecule has 0 radical (unpaired) electrons. The van der Waals surface area contributed by atoms with E-state index in [-0.39, 0.29) is 11.7 Å². The smallest absolute Gasteiger partial charge is 0.238 e. The number of carbonyl (C=O) groups is 1. The second kappa shape index (κ2) is 9.55. The van der Waals surface area contributed by atoms with Crippen LogP contribution in [0, 0.1) is 5.82 Å². The monoisotopic (exact) mass is 407 g/mol. The number of carbonyl (C=O) groups excluding carboxylic acids is 1. The van der Waals surface area contributed by atoms with Gasteiger partial charge in [-0.15, -0.1) is 11.8 Å². The van der Waals surface area contributed by atoms with E-state index in [9.17, 15) is 9.18 Å². The molecule has 7 heteroatoms. The Hall–Kier alpha value is -1.60. The standard InChI is InChI=1S/C20H23ClFN3OS/c1-27-16-7-5-15(6-8-16)23-20(26)14-25-11-9-24(10-12-25)13-17-18(21)3-2-4-19(17)22/h2-8H,9-14H2,1H3,(H,23,26). The summed E-state index contributed by atoms with van der Waals surface area (Å²) >= 11 is 7.78. The van der Waals surface area contributed by atoms with Crippen molar-refractivity contribution in [3.05, 3.63) is 58.9 Å². The molecule has 1 fully saturated rings. The first-order valence-electron chi connectivity index (χ1n) is 8.86. The van der Waals surface area contributed by atoms with Crippen LogP contribution in [0.5, 0.6) is 0 Å². The topological polar surface area (TPSA) is 35.6 Å². The van der Waals surface area contributed by atoms with Gasteiger partial charge in [0.15, 0.2) is 0 Å². The molecule has 0 saturated carbocycles. The van der Waals surface area contributed by atoms with E-state index >= 15 is 0 Å². The largest absolute Gasteiger partial charge is 0.325 e. The summed E-state index contributed by atoms with van der Waals surface area (Å²) in [5.41, 5.74) is 1.35. The van der Waals surface area contributed by atoms with Crippen molar-refractivity contribution in [2.75, 3.05) is 44.3 Å². The minimum absolute atomic E-state index is 0.0162. The van der Waals surface area contributed by atoms with E-state index in [1.165, 1.54) is 11.0 Å². The number of benzene rings is 2. The molecule has 27 heavy (non-hydrogen) atoms. The summed E-state index contributed by atoms with van der Waals surface area (Å²) in [6.07, 6.45) is 2.02. The summed E-state index contributed by atoms with van der Waals surface area (Å²) in [5, 5.41) is 3.40. The molecule has 0 aliphatic carbocycles. The fourth-order valence-corrected chi connectivity index (χ4v) is 3.72. The van der Waals surface area contributed by atoms with E-state index in [4.69, 9.17) is 11.6 Å². The lowest BCUT2D eigenvalue weighted by Gasteiger charge is -2.34. The van der Waals surface area contributed by atoms with Crippen LogP contribution in [0.3, 0.4) is 0 Å². The molecular formula is C20H23ClFN3OS. The second-order valence-electron chi connectivity index (χ2n) is 6.53. The van der Waals surface area contributed by atoms with Crippen molar-refractivity contribution in [3.63, 3.8) is 0 Å². The number of thioether (sulfide) groups is 1. The van der Waals surface area contributed by atoms with Crippen molar-refractivity contribution < 1.29 is 9.18 Å². The Kier molecular flexibility index (Phi) is 7.13. The number of rotatable bonds is 6. The second-order valence-corrected chi connectivity index (χ2v) is 7.82. The first-order valence-corrected chi connectivity index (χ1v) is 10.5. The molecule has 0 spiro atoms. The third-order valence-electron chi connectivity index (χ3n) is 4.65. The van der Waals surface area contributed by atoms with Gasteiger partial charge in [-0.2, -0.15) is 0 Å². The molecule has 0 unspecified atom stereocenters. The average molecular weight is 408 g/mol. The van der Waals surface area contributed by atoms with Crippen molar-refractivity contribution >= 4 is 35.0 Å². The number of piperazine rings is 1. The van der Waals surface area contributed by atoms with E-state index in [1.54, 1.807) is 23.9 Å². The van der Waals surface area contributed by atoms with E-state index in [1.807, 2.05) is 30.5 Å². The summed E-state index contributed by atoms with van der Waals surface area (Å²) in [7, 11) is 0. The highest BCUT2D eigenvalue weighted by Crippen LogP contribution is 2.21. The first-order chi connectivity index (χ1) is 13.0. The lowest BCUT2D eigenvalue weighted by molar-refractivity contribution is -0.117. The molecule has 1 N–H and O–H groups in total. The Balaban J connectivity index is 1.45. The Bertz CT molecular complexity index is 759. The van der Waals surface area contributed by atoms with Gasteiger partial charge in [0.1, 0.15) is 5.82 Å². The number of hydrogen-bond donors (Lipinski definition) is 1. The third kappa shape index (κ3) is 5.69. The molecule has 1 saturated heterocycles. The quantitative estimate of drug-likeness (QED) is 0.735. The average Bonchev–Trinajstić information content (AvgIpc) is 2.67. The van der Waals surface area contributed by atoms with Crippen molar-refractivity contribution in [2.24, 2.45) is 0 Å². The summed E-state index contributed by atoms with van der Waals surface area (Å²) < 4.78 is 13.9. The zero-order valence-electron chi connectivity index (χ0n) is 15.3. The number of nitrogens with one attached hydrogen (secondary N) is 1. The van der Waals surface area contributed by atoms with E-state index in [0.29, 0.717) is 23.7 Å². The Morgan fingerprint density at radius 1 is 1.11 bits per heavy atom. The summed E-state index contributed by atoms with van der Waals surface area (Å²) in [5.74, 6) is -0.283. The fraction of sp³-hybridized carbons (Fsp3) is 0.350. The normalized spacial score (nSPS) is 15.7. The Morgan fingerprint density at radius 2 is 1.78 bits per heavy atom. The number of nitrogens with zero attached hydrogens (tertiary/aromatic N) is 2. The molecule has 2 aromatic carbocycles. The highest BCUT2D eigenvalue weighted by molar-refractivity contribution is 7.98. The minimum Gasteiger partial charge on any atom is -0.325 e. The maximum atomic E-state index is 13.9. The molecule has 1 amide bonds. The minimum atomic E-state index is -0.267. The molecular weight excluding hydrogens is 385 g/mol. The van der Waals surface area contributed by atoms with Gasteiger partial charge < -0.3 is 5.32 Å². The van der Waals surface area contributed by atoms with Gasteiger partial charge in [-0.1, -0.05) is 17.7 Å². The van der Waals surface area contributed by atoms with Crippen molar-refractivity contribution in [2.45, 2.75) is 11.4 Å². The molecule has 0 aromatic heterocycles. The van der Waals surface area contributed by atoms with Gasteiger partial charge in [0.05, 0.1) is 6.54 Å². The van der Waals surface area contributed by atoms with Crippen molar-refractivity contribution in [3.8, 4) is 0 Å². The summed E-state index contributed by atoms with van der Waals surface area (Å²) in [6.45, 7) is 3.95. The van der Waals surface area contributed by atoms with Crippen LogP contribution in [0.25, 0.3) is 0 Å². The highest BCUT2D eigenvalue weighted by Gasteiger charge is 2.20. The van der Waals surface area contributed by atoms with Crippen LogP contribution in [0.15, 0.2) is 47.4 Å². The van der Waals surface area contributed by atoms with Crippen LogP contribution < -0.4 is 5.32 Å². The number of halogens is 2. The van der Waals surface area contributed by atoms with E-state index in [2.05, 4.69) is 15.1 Å². The Morgan fingerprint density at radius 3 is 2.41 bits per heavy atom. The number of anilines is 1. The van der Waals surface area contributed by atoms with Crippen LogP contribution in [0.2, 0.25) is 5.02 Å². The summed E-state index contributed by atoms with van der Waals surface area (Å²) in [6, 6.07) is 12.6. The zero-order chi connectivity index (χ0) is 19.2. The van der Waals surface area contributed by atoms with E-state index in [0.717, 1.165) is 31.9 Å². The lowest BCUT2D eigenvalue weighted by atomic mass is 10.2. The summed E-state index contributed by atoms with van der Waals surface area (Å²) in [4.78, 5) is 17.7. The molecule has 1 aliphatic heterocycles. The van der Waals surface area contributed by atoms with Gasteiger partial charge in [-0.05, 0) is 42.7 Å². The molecule has 0 bridgehead atoms. The van der Waals surface area contributed by atoms with Gasteiger partial charge in [0.25, 0.3) is 0 Å². The lowest BCUT2D eigenvalue weighted by Crippen LogP contribution is -2.48. The van der Waals surface area contributed by atoms with Crippen LogP contribution in [0.4, 0.5) is 10.1 Å². The number of amides is 1. The molecule has 1 aliphatic rings. The molecule has 4 nitrogen and oxygen atoms in total. The highest BCUT2D eigenvalue weighted by atomic mass is 35.5. The van der Waals surface area contributed by atoms with Crippen LogP contribution >= 0.6 is 23.4 Å². The van der Waals surface area contributed by atoms with E-state index < -0.39 is 0 Å². The fourth-order valence-electron chi connectivity index (χ4n) is 3.09. The predicted octanol–water partition coefficient (Wildman–Crippen LogP) is 3.96. The first kappa shape index (κ1) is 20.1. The van der Waals surface area contributed by atoms with Crippen LogP contribution in [0.1, 0.15) is 5.56 Å². The van der Waals surface area contributed by atoms with Crippen LogP contribution in [-0.2, 0) is 11.3 Å². The van der Waals surface area contributed by atoms with Gasteiger partial charge >= 0.3 is 0 Å². The molecule has 2 aromatic rings. The molecule has 144 valence electrons. The zero-order valence-corrected chi connectivity index (χ0v) is 16.8. The molecule has 3 rings (SSSR count). The van der Waals surface area contributed by atoms with Gasteiger partial charge in [-0.25, -0.2) is 4.39 Å². The molecule has 0 atom stereocenters. The molecule has 1 heterocycles. The van der Waals surface area contributed by atoms with Crippen molar-refractivity contribution in [1.82, 2.24) is 9.80 Å². The number of hydrogen-bond acceptors (Lipinski definition) is 4. The van der Waals surface area contributed by atoms with Crippen LogP contribution in [-0.4, -0.2) is 54.7 Å². The van der Waals surface area contributed by atoms with Gasteiger partial charge in [0, 0.05) is 53.9 Å². The van der Waals surface area contributed by atoms with Gasteiger partial charge in [-0.3, -0.25) is 14.6 Å². The third-order valence-corrected chi connectivity index (χ3v) is 5.75. The van der Waals surface area contributed by atoms with Gasteiger partial charge in [0.2, 0.25) is 5.91 Å².